The fourth-order valence-electron chi connectivity index (χ4n) is 3.82. The van der Waals surface area contributed by atoms with E-state index in [4.69, 9.17) is 11.6 Å². The van der Waals surface area contributed by atoms with Gasteiger partial charge in [-0.1, -0.05) is 48.0 Å². The highest BCUT2D eigenvalue weighted by molar-refractivity contribution is 8.13. The van der Waals surface area contributed by atoms with E-state index in [1.54, 1.807) is 19.2 Å². The number of likely N-dealkylation sites (N-methyl/N-ethyl adjacent to an activating group) is 2. The number of carbonyl (C=O) groups excluding carboxylic acids is 2. The van der Waals surface area contributed by atoms with Gasteiger partial charge in [-0.25, -0.2) is 13.8 Å². The summed E-state index contributed by atoms with van der Waals surface area (Å²) in [6.07, 6.45) is 1.64. The summed E-state index contributed by atoms with van der Waals surface area (Å²) in [5, 5.41) is 0.931. The van der Waals surface area contributed by atoms with E-state index in [9.17, 15) is 14.0 Å². The highest BCUT2D eigenvalue weighted by Gasteiger charge is 2.53. The van der Waals surface area contributed by atoms with E-state index in [-0.39, 0.29) is 17.5 Å². The van der Waals surface area contributed by atoms with Crippen molar-refractivity contribution >= 4 is 46.3 Å². The Hall–Kier alpha value is -2.71. The van der Waals surface area contributed by atoms with Gasteiger partial charge in [0, 0.05) is 30.4 Å². The number of urea groups is 1. The molecule has 2 aromatic carbocycles. The zero-order chi connectivity index (χ0) is 22.8. The Labute approximate surface area is 195 Å². The first-order valence-corrected chi connectivity index (χ1v) is 11.6. The Kier molecular flexibility index (Phi) is 6.62. The number of fused-ring (bicyclic) bond motifs is 1. The molecular formula is C23H23ClFN4O2S+. The van der Waals surface area contributed by atoms with Crippen LogP contribution in [-0.2, 0) is 17.0 Å². The summed E-state index contributed by atoms with van der Waals surface area (Å²) in [7, 11) is 3.09. The Morgan fingerprint density at radius 3 is 2.56 bits per heavy atom. The molecule has 1 atom stereocenters. The van der Waals surface area contributed by atoms with Gasteiger partial charge in [0.1, 0.15) is 5.82 Å². The van der Waals surface area contributed by atoms with E-state index >= 15 is 0 Å². The summed E-state index contributed by atoms with van der Waals surface area (Å²) < 4.78 is 16.2. The van der Waals surface area contributed by atoms with Crippen LogP contribution in [0, 0.1) is 5.82 Å². The van der Waals surface area contributed by atoms with Crippen molar-refractivity contribution in [2.24, 2.45) is 4.99 Å². The maximum absolute atomic E-state index is 14.3. The first-order chi connectivity index (χ1) is 15.4. The molecule has 0 N–H and O–H groups in total. The Morgan fingerprint density at radius 2 is 1.84 bits per heavy atom. The molecule has 0 bridgehead atoms. The molecule has 3 amide bonds. The molecule has 1 unspecified atom stereocenters. The Morgan fingerprint density at radius 1 is 1.09 bits per heavy atom. The zero-order valence-electron chi connectivity index (χ0n) is 17.8. The van der Waals surface area contributed by atoms with Gasteiger partial charge in [0.15, 0.2) is 0 Å². The second-order valence-electron chi connectivity index (χ2n) is 7.67. The number of rotatable bonds is 6. The fraction of sp³-hybridized carbons (Fsp3) is 0.304. The van der Waals surface area contributed by atoms with Crippen LogP contribution in [0.4, 0.5) is 9.18 Å². The predicted molar refractivity (Wildman–Crippen MR) is 125 cm³/mol. The monoisotopic (exact) mass is 473 g/mol. The van der Waals surface area contributed by atoms with Crippen LogP contribution in [0.2, 0.25) is 5.02 Å². The van der Waals surface area contributed by atoms with Gasteiger partial charge in [0.05, 0.1) is 6.54 Å². The van der Waals surface area contributed by atoms with Crippen molar-refractivity contribution in [2.45, 2.75) is 24.6 Å². The van der Waals surface area contributed by atoms with Crippen molar-refractivity contribution in [2.75, 3.05) is 20.6 Å². The molecule has 0 aromatic heterocycles. The van der Waals surface area contributed by atoms with Crippen molar-refractivity contribution < 1.29 is 18.6 Å². The van der Waals surface area contributed by atoms with Crippen molar-refractivity contribution in [1.82, 2.24) is 9.80 Å². The normalized spacial score (nSPS) is 18.4. The Balaban J connectivity index is 1.60. The number of nitrogens with zero attached hydrogens (tertiary/aromatic N) is 4. The third-order valence-electron chi connectivity index (χ3n) is 5.61. The number of amides is 3. The highest BCUT2D eigenvalue weighted by atomic mass is 35.5. The van der Waals surface area contributed by atoms with Gasteiger partial charge in [0.25, 0.3) is 17.8 Å². The first-order valence-electron chi connectivity index (χ1n) is 10.3. The third-order valence-corrected chi connectivity index (χ3v) is 6.98. The average Bonchev–Trinajstić information content (AvgIpc) is 3.15. The molecule has 2 heterocycles. The van der Waals surface area contributed by atoms with Crippen molar-refractivity contribution in [3.05, 3.63) is 70.5 Å². The first kappa shape index (κ1) is 22.5. The number of benzene rings is 2. The minimum Gasteiger partial charge on any atom is -0.269 e. The third kappa shape index (κ3) is 4.29. The van der Waals surface area contributed by atoms with Crippen molar-refractivity contribution in [3.63, 3.8) is 0 Å². The minimum atomic E-state index is -0.669. The molecule has 0 aliphatic carbocycles. The lowest BCUT2D eigenvalue weighted by atomic mass is 10.1. The summed E-state index contributed by atoms with van der Waals surface area (Å²) in [5.41, 5.74) is 1.60. The average molecular weight is 474 g/mol. The van der Waals surface area contributed by atoms with E-state index in [0.29, 0.717) is 28.1 Å². The molecule has 0 saturated carbocycles. The molecule has 2 aromatic rings. The van der Waals surface area contributed by atoms with Crippen molar-refractivity contribution in [1.29, 1.82) is 0 Å². The number of aryl methyl sites for hydroxylation is 1. The predicted octanol–water partition coefficient (Wildman–Crippen LogP) is 4.02. The van der Waals surface area contributed by atoms with Crippen LogP contribution >= 0.6 is 23.4 Å². The lowest BCUT2D eigenvalue weighted by Crippen LogP contribution is -2.61. The second kappa shape index (κ2) is 9.42. The lowest BCUT2D eigenvalue weighted by molar-refractivity contribution is -0.533. The molecule has 1 saturated heterocycles. The molecule has 6 nitrogen and oxygen atoms in total. The molecule has 1 fully saturated rings. The van der Waals surface area contributed by atoms with E-state index in [1.165, 1.54) is 35.3 Å². The molecule has 0 spiro atoms. The van der Waals surface area contributed by atoms with Gasteiger partial charge in [-0.15, -0.1) is 0 Å². The second-order valence-corrected chi connectivity index (χ2v) is 9.02. The van der Waals surface area contributed by atoms with Crippen LogP contribution < -0.4 is 0 Å². The van der Waals surface area contributed by atoms with Crippen LogP contribution in [-0.4, -0.2) is 64.0 Å². The zero-order valence-corrected chi connectivity index (χ0v) is 19.4. The van der Waals surface area contributed by atoms with Crippen LogP contribution in [0.1, 0.15) is 17.5 Å². The number of hydrogen-bond acceptors (Lipinski definition) is 4. The van der Waals surface area contributed by atoms with Crippen LogP contribution in [0.3, 0.4) is 0 Å². The maximum Gasteiger partial charge on any atom is 0.358 e. The summed E-state index contributed by atoms with van der Waals surface area (Å²) >= 11 is 7.50. The van der Waals surface area contributed by atoms with E-state index < -0.39 is 12.1 Å². The highest BCUT2D eigenvalue weighted by Crippen LogP contribution is 2.28. The summed E-state index contributed by atoms with van der Waals surface area (Å²) in [5.74, 6) is -0.0280. The van der Waals surface area contributed by atoms with Crippen LogP contribution in [0.15, 0.2) is 53.5 Å². The minimum absolute atomic E-state index is 0.265. The number of carbonyl (C=O) groups is 2. The van der Waals surface area contributed by atoms with Crippen molar-refractivity contribution in [3.8, 4) is 0 Å². The van der Waals surface area contributed by atoms with E-state index in [2.05, 4.69) is 17.1 Å². The summed E-state index contributed by atoms with van der Waals surface area (Å²) in [4.78, 5) is 32.5. The molecular weight excluding hydrogens is 451 g/mol. The number of hydrogen-bond donors (Lipinski definition) is 0. The molecule has 9 heteroatoms. The quantitative estimate of drug-likeness (QED) is 0.595. The van der Waals surface area contributed by atoms with Crippen LogP contribution in [0.5, 0.6) is 0 Å². The maximum atomic E-state index is 14.3. The molecule has 4 rings (SSSR count). The topological polar surface area (TPSA) is 56.0 Å². The van der Waals surface area contributed by atoms with E-state index in [1.807, 2.05) is 22.8 Å². The number of halogens is 2. The summed E-state index contributed by atoms with van der Waals surface area (Å²) in [6, 6.07) is 13.6. The number of imide groups is 1. The largest absolute Gasteiger partial charge is 0.358 e. The molecule has 0 radical (unpaired) electrons. The summed E-state index contributed by atoms with van der Waals surface area (Å²) in [6.45, 7) is 0.571. The van der Waals surface area contributed by atoms with E-state index in [0.717, 1.165) is 17.7 Å². The fourth-order valence-corrected chi connectivity index (χ4v) is 5.22. The van der Waals surface area contributed by atoms with Crippen LogP contribution in [0.25, 0.3) is 0 Å². The van der Waals surface area contributed by atoms with Gasteiger partial charge in [-0.3, -0.25) is 14.6 Å². The SMILES string of the molecule is CN1C(=O)C2C(=NC(SCc3c(F)cccc3Cl)=[N+]2CCCc2ccccc2)N(C)C1=O. The molecule has 2 aliphatic rings. The lowest BCUT2D eigenvalue weighted by Gasteiger charge is -2.30. The van der Waals surface area contributed by atoms with Gasteiger partial charge in [0.2, 0.25) is 0 Å². The standard InChI is InChI=1S/C23H23ClFN4O2S/c1-27-20-19(21(30)28(2)23(27)31)29(13-7-10-15-8-4-3-5-9-15)22(26-20)32-14-16-17(24)11-6-12-18(16)25/h3-6,8-9,11-12,19H,7,10,13-14H2,1-2H3/q+1. The molecule has 166 valence electrons. The number of amidine groups is 2. The number of thioether (sulfide) groups is 1. The molecule has 32 heavy (non-hydrogen) atoms. The van der Waals surface area contributed by atoms with Gasteiger partial charge in [-0.05, 0) is 47.3 Å². The van der Waals surface area contributed by atoms with Gasteiger partial charge < -0.3 is 0 Å². The Bertz CT molecular complexity index is 1100. The number of aliphatic imine (C=N–C) groups is 1. The molecule has 2 aliphatic heterocycles. The smallest absolute Gasteiger partial charge is 0.269 e. The van der Waals surface area contributed by atoms with Gasteiger partial charge >= 0.3 is 11.2 Å². The van der Waals surface area contributed by atoms with Gasteiger partial charge in [-0.2, -0.15) is 0 Å².